The van der Waals surface area contributed by atoms with Gasteiger partial charge in [-0.1, -0.05) is 0 Å². The number of hydrogen-bond donors (Lipinski definition) is 2. The average molecular weight is 303 g/mol. The number of benzene rings is 1. The molecule has 21 heavy (non-hydrogen) atoms. The molecule has 0 saturated carbocycles. The Balaban J connectivity index is 2.15. The zero-order valence-electron chi connectivity index (χ0n) is 11.2. The van der Waals surface area contributed by atoms with E-state index in [1.165, 1.54) is 12.4 Å². The van der Waals surface area contributed by atoms with Crippen LogP contribution in [0.3, 0.4) is 0 Å². The Bertz CT molecular complexity index is 766. The quantitative estimate of drug-likeness (QED) is 0.872. The first-order chi connectivity index (χ1) is 10.0. The Labute approximate surface area is 122 Å². The highest BCUT2D eigenvalue weighted by atomic mass is 32.2. The van der Waals surface area contributed by atoms with Gasteiger partial charge in [-0.2, -0.15) is 5.26 Å². The van der Waals surface area contributed by atoms with Gasteiger partial charge in [-0.15, -0.1) is 0 Å². The van der Waals surface area contributed by atoms with Gasteiger partial charge in [0.1, 0.15) is 6.07 Å². The highest BCUT2D eigenvalue weighted by Gasteiger charge is 2.07. The summed E-state index contributed by atoms with van der Waals surface area (Å²) in [5, 5.41) is 11.9. The van der Waals surface area contributed by atoms with Crippen LogP contribution < -0.4 is 10.0 Å². The highest BCUT2D eigenvalue weighted by Crippen LogP contribution is 2.19. The molecule has 2 rings (SSSR count). The number of nitrogens with zero attached hydrogens (tertiary/aromatic N) is 3. The van der Waals surface area contributed by atoms with Gasteiger partial charge < -0.3 is 5.32 Å². The van der Waals surface area contributed by atoms with Crippen molar-refractivity contribution in [2.45, 2.75) is 6.92 Å². The number of aromatic nitrogens is 2. The van der Waals surface area contributed by atoms with E-state index in [0.717, 1.165) is 0 Å². The summed E-state index contributed by atoms with van der Waals surface area (Å²) in [6.45, 7) is 1.57. The Morgan fingerprint density at radius 3 is 2.38 bits per heavy atom. The van der Waals surface area contributed by atoms with Crippen molar-refractivity contribution in [3.63, 3.8) is 0 Å². The van der Waals surface area contributed by atoms with Gasteiger partial charge in [0.25, 0.3) is 0 Å². The van der Waals surface area contributed by atoms with E-state index in [-0.39, 0.29) is 11.4 Å². The smallest absolute Gasteiger partial charge is 0.232 e. The van der Waals surface area contributed by atoms with Gasteiger partial charge in [0, 0.05) is 23.8 Å². The molecule has 0 unspecified atom stereocenters. The summed E-state index contributed by atoms with van der Waals surface area (Å²) >= 11 is 0. The molecule has 0 fully saturated rings. The van der Waals surface area contributed by atoms with Crippen LogP contribution in [-0.4, -0.2) is 24.1 Å². The van der Waals surface area contributed by atoms with E-state index in [9.17, 15) is 8.42 Å². The first-order valence-electron chi connectivity index (χ1n) is 6.13. The van der Waals surface area contributed by atoms with Crippen LogP contribution in [0.1, 0.15) is 12.6 Å². The topological polar surface area (TPSA) is 108 Å². The molecule has 0 atom stereocenters. The monoisotopic (exact) mass is 303 g/mol. The van der Waals surface area contributed by atoms with Crippen molar-refractivity contribution in [2.24, 2.45) is 0 Å². The SMILES string of the molecule is CCS(=O)(=O)Nc1ccc(Nc2nccnc2C#N)cc1. The van der Waals surface area contributed by atoms with Gasteiger partial charge in [0.05, 0.1) is 5.75 Å². The Morgan fingerprint density at radius 2 is 1.76 bits per heavy atom. The van der Waals surface area contributed by atoms with Gasteiger partial charge in [0.15, 0.2) is 11.5 Å². The molecule has 1 heterocycles. The number of nitriles is 1. The fraction of sp³-hybridized carbons (Fsp3) is 0.154. The minimum absolute atomic E-state index is 0.0120. The Kier molecular flexibility index (Phi) is 4.35. The van der Waals surface area contributed by atoms with Crippen molar-refractivity contribution in [1.29, 1.82) is 5.26 Å². The molecule has 108 valence electrons. The number of anilines is 3. The van der Waals surface area contributed by atoms with Crippen LogP contribution in [-0.2, 0) is 10.0 Å². The average Bonchev–Trinajstić information content (AvgIpc) is 2.49. The lowest BCUT2D eigenvalue weighted by Gasteiger charge is -2.09. The number of sulfonamides is 1. The minimum Gasteiger partial charge on any atom is -0.338 e. The number of nitrogens with one attached hydrogen (secondary N) is 2. The van der Waals surface area contributed by atoms with Crippen molar-refractivity contribution in [3.05, 3.63) is 42.4 Å². The molecule has 1 aromatic carbocycles. The van der Waals surface area contributed by atoms with E-state index in [0.29, 0.717) is 17.2 Å². The van der Waals surface area contributed by atoms with Gasteiger partial charge in [-0.25, -0.2) is 18.4 Å². The summed E-state index contributed by atoms with van der Waals surface area (Å²) in [6, 6.07) is 8.55. The molecule has 0 aliphatic rings. The second kappa shape index (κ2) is 6.19. The first-order valence-corrected chi connectivity index (χ1v) is 7.78. The number of rotatable bonds is 5. The summed E-state index contributed by atoms with van der Waals surface area (Å²) in [6.07, 6.45) is 2.92. The van der Waals surface area contributed by atoms with Crippen molar-refractivity contribution >= 4 is 27.2 Å². The maximum Gasteiger partial charge on any atom is 0.232 e. The van der Waals surface area contributed by atoms with E-state index in [1.807, 2.05) is 6.07 Å². The zero-order valence-corrected chi connectivity index (χ0v) is 12.1. The molecule has 7 nitrogen and oxygen atoms in total. The molecule has 0 aliphatic carbocycles. The third-order valence-electron chi connectivity index (χ3n) is 2.61. The second-order valence-corrected chi connectivity index (χ2v) is 6.08. The number of hydrogen-bond acceptors (Lipinski definition) is 6. The molecule has 0 radical (unpaired) electrons. The summed E-state index contributed by atoms with van der Waals surface area (Å²) < 4.78 is 25.3. The van der Waals surface area contributed by atoms with Crippen molar-refractivity contribution in [2.75, 3.05) is 15.8 Å². The Morgan fingerprint density at radius 1 is 1.14 bits per heavy atom. The van der Waals surface area contributed by atoms with E-state index >= 15 is 0 Å². The molecule has 0 saturated heterocycles. The second-order valence-electron chi connectivity index (χ2n) is 4.07. The van der Waals surface area contributed by atoms with Gasteiger partial charge in [0.2, 0.25) is 10.0 Å². The summed E-state index contributed by atoms with van der Waals surface area (Å²) in [4.78, 5) is 7.92. The van der Waals surface area contributed by atoms with Crippen LogP contribution in [0.25, 0.3) is 0 Å². The largest absolute Gasteiger partial charge is 0.338 e. The van der Waals surface area contributed by atoms with Gasteiger partial charge >= 0.3 is 0 Å². The highest BCUT2D eigenvalue weighted by molar-refractivity contribution is 7.92. The van der Waals surface area contributed by atoms with Crippen LogP contribution >= 0.6 is 0 Å². The molecular weight excluding hydrogens is 290 g/mol. The van der Waals surface area contributed by atoms with Crippen LogP contribution in [0.15, 0.2) is 36.7 Å². The molecule has 0 amide bonds. The first kappa shape index (κ1) is 14.7. The van der Waals surface area contributed by atoms with E-state index in [2.05, 4.69) is 20.0 Å². The lowest BCUT2D eigenvalue weighted by Crippen LogP contribution is -2.14. The van der Waals surface area contributed by atoms with E-state index in [4.69, 9.17) is 5.26 Å². The summed E-state index contributed by atoms with van der Waals surface area (Å²) in [5.41, 5.74) is 1.33. The van der Waals surface area contributed by atoms with Crippen LogP contribution in [0.5, 0.6) is 0 Å². The van der Waals surface area contributed by atoms with Crippen molar-refractivity contribution < 1.29 is 8.42 Å². The van der Waals surface area contributed by atoms with Gasteiger partial charge in [-0.05, 0) is 31.2 Å². The molecule has 0 bridgehead atoms. The molecule has 8 heteroatoms. The fourth-order valence-electron chi connectivity index (χ4n) is 1.52. The van der Waals surface area contributed by atoms with E-state index < -0.39 is 10.0 Å². The standard InChI is InChI=1S/C13H13N5O2S/c1-2-21(19,20)18-11-5-3-10(4-6-11)17-13-12(9-14)15-7-8-16-13/h3-8,18H,2H2,1H3,(H,16,17). The molecule has 2 aromatic rings. The minimum atomic E-state index is -3.29. The fourth-order valence-corrected chi connectivity index (χ4v) is 2.16. The van der Waals surface area contributed by atoms with Crippen LogP contribution in [0, 0.1) is 11.3 Å². The lowest BCUT2D eigenvalue weighted by molar-refractivity contribution is 0.602. The van der Waals surface area contributed by atoms with Crippen molar-refractivity contribution in [3.8, 4) is 6.07 Å². The summed E-state index contributed by atoms with van der Waals surface area (Å²) in [7, 11) is -3.29. The molecule has 0 spiro atoms. The third-order valence-corrected chi connectivity index (χ3v) is 3.91. The lowest BCUT2D eigenvalue weighted by atomic mass is 10.3. The molecule has 1 aromatic heterocycles. The van der Waals surface area contributed by atoms with Gasteiger partial charge in [-0.3, -0.25) is 4.72 Å². The predicted molar refractivity (Wildman–Crippen MR) is 79.6 cm³/mol. The predicted octanol–water partition coefficient (Wildman–Crippen LogP) is 1.85. The normalized spacial score (nSPS) is 10.7. The maximum atomic E-state index is 11.4. The molecule has 0 aliphatic heterocycles. The Hall–Kier alpha value is -2.66. The van der Waals surface area contributed by atoms with Crippen LogP contribution in [0.2, 0.25) is 0 Å². The third kappa shape index (κ3) is 3.90. The maximum absolute atomic E-state index is 11.4. The zero-order chi connectivity index (χ0) is 15.3. The molecular formula is C13H13N5O2S. The molecule has 2 N–H and O–H groups in total. The van der Waals surface area contributed by atoms with Crippen LogP contribution in [0.4, 0.5) is 17.2 Å². The van der Waals surface area contributed by atoms with Crippen molar-refractivity contribution in [1.82, 2.24) is 9.97 Å². The van der Waals surface area contributed by atoms with E-state index in [1.54, 1.807) is 31.2 Å². The summed E-state index contributed by atoms with van der Waals surface area (Å²) in [5.74, 6) is 0.361.